The summed E-state index contributed by atoms with van der Waals surface area (Å²) in [4.78, 5) is 0. The number of para-hydroxylation sites is 4. The van der Waals surface area contributed by atoms with Gasteiger partial charge in [-0.3, -0.25) is 0 Å². The molecule has 4 nitrogen and oxygen atoms in total. The van der Waals surface area contributed by atoms with E-state index in [4.69, 9.17) is 9.15 Å². The molecule has 0 unspecified atom stereocenters. The molecule has 0 aliphatic heterocycles. The summed E-state index contributed by atoms with van der Waals surface area (Å²) in [5.41, 5.74) is 20.2. The van der Waals surface area contributed by atoms with Crippen LogP contribution in [0.25, 0.3) is 133 Å². The van der Waals surface area contributed by atoms with Crippen molar-refractivity contribution in [3.8, 4) is 78.5 Å². The predicted molar refractivity (Wildman–Crippen MR) is 316 cm³/mol. The van der Waals surface area contributed by atoms with Gasteiger partial charge in [-0.1, -0.05) is 194 Å². The third-order valence-electron chi connectivity index (χ3n) is 15.2. The average molecular weight is 971 g/mol. The molecule has 0 amide bonds. The highest BCUT2D eigenvalue weighted by Crippen LogP contribution is 2.43. The molecule has 0 saturated heterocycles. The zero-order valence-electron chi connectivity index (χ0n) is 41.3. The van der Waals surface area contributed by atoms with E-state index < -0.39 is 0 Å². The average Bonchev–Trinajstić information content (AvgIpc) is 4.24. The van der Waals surface area contributed by atoms with Gasteiger partial charge in [0, 0.05) is 49.3 Å². The Labute approximate surface area is 439 Å². The van der Waals surface area contributed by atoms with E-state index in [0.717, 1.165) is 99.9 Å². The molecule has 0 atom stereocenters. The van der Waals surface area contributed by atoms with Gasteiger partial charge in [-0.15, -0.1) is 0 Å². The second-order valence-electron chi connectivity index (χ2n) is 19.6. The SMILES string of the molecule is c1ccc(-c2ccccc2-c2cccc(-c3ccc(-c4ccccc4-c4ccccc4Oc4ccc5c(c4)c4ccccc4n5-c4ccc5c(c4)c4ccccc4n5-c4ccc5oc6ccccc6c5c4)cc3)c2)cc1. The van der Waals surface area contributed by atoms with Gasteiger partial charge in [-0.25, -0.2) is 0 Å². The quantitative estimate of drug-likeness (QED) is 0.144. The summed E-state index contributed by atoms with van der Waals surface area (Å²) < 4.78 is 18.0. The van der Waals surface area contributed by atoms with Crippen LogP contribution in [0.15, 0.2) is 283 Å². The number of hydrogen-bond acceptors (Lipinski definition) is 2. The van der Waals surface area contributed by atoms with Crippen molar-refractivity contribution in [2.24, 2.45) is 0 Å². The first-order valence-corrected chi connectivity index (χ1v) is 25.9. The highest BCUT2D eigenvalue weighted by atomic mass is 16.5. The second kappa shape index (κ2) is 17.8. The summed E-state index contributed by atoms with van der Waals surface area (Å²) in [6.07, 6.45) is 0. The van der Waals surface area contributed by atoms with Crippen LogP contribution in [-0.2, 0) is 0 Å². The Morgan fingerprint density at radius 1 is 0.250 bits per heavy atom. The van der Waals surface area contributed by atoms with Gasteiger partial charge in [0.05, 0.1) is 22.1 Å². The summed E-state index contributed by atoms with van der Waals surface area (Å²) in [5, 5.41) is 6.91. The summed E-state index contributed by atoms with van der Waals surface area (Å²) in [5.74, 6) is 1.57. The summed E-state index contributed by atoms with van der Waals surface area (Å²) in [6, 6.07) is 99.7. The van der Waals surface area contributed by atoms with Crippen molar-refractivity contribution in [2.45, 2.75) is 0 Å². The zero-order chi connectivity index (χ0) is 50.1. The normalized spacial score (nSPS) is 11.7. The van der Waals surface area contributed by atoms with E-state index in [-0.39, 0.29) is 0 Å². The van der Waals surface area contributed by atoms with Gasteiger partial charge in [0.1, 0.15) is 22.7 Å². The molecule has 356 valence electrons. The molecule has 0 radical (unpaired) electrons. The molecule has 0 spiro atoms. The monoisotopic (exact) mass is 970 g/mol. The molecule has 0 aliphatic carbocycles. The van der Waals surface area contributed by atoms with Crippen molar-refractivity contribution in [2.75, 3.05) is 0 Å². The minimum atomic E-state index is 0.777. The number of furan rings is 1. The lowest BCUT2D eigenvalue weighted by Crippen LogP contribution is -1.96. The van der Waals surface area contributed by atoms with Crippen molar-refractivity contribution in [1.82, 2.24) is 9.13 Å². The van der Waals surface area contributed by atoms with Crippen LogP contribution in [0.2, 0.25) is 0 Å². The summed E-state index contributed by atoms with van der Waals surface area (Å²) in [7, 11) is 0. The van der Waals surface area contributed by atoms with E-state index in [9.17, 15) is 0 Å². The Bertz CT molecular complexity index is 4730. The van der Waals surface area contributed by atoms with Crippen molar-refractivity contribution in [3.05, 3.63) is 279 Å². The fourth-order valence-electron chi connectivity index (χ4n) is 11.7. The van der Waals surface area contributed by atoms with E-state index in [1.807, 2.05) is 12.1 Å². The first-order valence-electron chi connectivity index (χ1n) is 25.9. The molecule has 3 aromatic heterocycles. The topological polar surface area (TPSA) is 32.2 Å². The van der Waals surface area contributed by atoms with Gasteiger partial charge < -0.3 is 18.3 Å². The summed E-state index contributed by atoms with van der Waals surface area (Å²) >= 11 is 0. The molecule has 3 heterocycles. The van der Waals surface area contributed by atoms with E-state index in [1.165, 1.54) is 44.2 Å². The molecule has 12 aromatic carbocycles. The number of fused-ring (bicyclic) bond motifs is 9. The number of aromatic nitrogens is 2. The fraction of sp³-hybridized carbons (Fsp3) is 0. The molecule has 0 aliphatic rings. The molecular weight excluding hydrogens is 925 g/mol. The van der Waals surface area contributed by atoms with Crippen LogP contribution in [0.4, 0.5) is 0 Å². The van der Waals surface area contributed by atoms with Gasteiger partial charge in [0.2, 0.25) is 0 Å². The Hall–Kier alpha value is -10.2. The highest BCUT2D eigenvalue weighted by molar-refractivity contribution is 6.13. The maximum atomic E-state index is 6.97. The third-order valence-corrected chi connectivity index (χ3v) is 15.2. The minimum absolute atomic E-state index is 0.777. The van der Waals surface area contributed by atoms with E-state index >= 15 is 0 Å². The van der Waals surface area contributed by atoms with Crippen molar-refractivity contribution in [1.29, 1.82) is 0 Å². The van der Waals surface area contributed by atoms with Gasteiger partial charge in [-0.2, -0.15) is 0 Å². The first-order chi connectivity index (χ1) is 37.7. The maximum absolute atomic E-state index is 6.97. The number of benzene rings is 12. The number of nitrogens with zero attached hydrogens (tertiary/aromatic N) is 2. The van der Waals surface area contributed by atoms with Gasteiger partial charge in [0.15, 0.2) is 0 Å². The highest BCUT2D eigenvalue weighted by Gasteiger charge is 2.20. The number of rotatable bonds is 9. The smallest absolute Gasteiger partial charge is 0.135 e. The predicted octanol–water partition coefficient (Wildman–Crippen LogP) is 19.9. The Balaban J connectivity index is 0.760. The lowest BCUT2D eigenvalue weighted by Gasteiger charge is -2.16. The van der Waals surface area contributed by atoms with E-state index in [2.05, 4.69) is 276 Å². The fourth-order valence-corrected chi connectivity index (χ4v) is 11.7. The van der Waals surface area contributed by atoms with E-state index in [0.29, 0.717) is 0 Å². The molecular formula is C72H46N2O2. The van der Waals surface area contributed by atoms with Crippen LogP contribution in [-0.4, -0.2) is 9.13 Å². The molecule has 0 bridgehead atoms. The largest absolute Gasteiger partial charge is 0.457 e. The van der Waals surface area contributed by atoms with Crippen molar-refractivity contribution in [3.63, 3.8) is 0 Å². The molecule has 15 aromatic rings. The molecule has 4 heteroatoms. The van der Waals surface area contributed by atoms with E-state index in [1.54, 1.807) is 0 Å². The van der Waals surface area contributed by atoms with Crippen LogP contribution in [0.5, 0.6) is 11.5 Å². The molecule has 0 fully saturated rings. The molecule has 76 heavy (non-hydrogen) atoms. The van der Waals surface area contributed by atoms with Crippen LogP contribution in [0.1, 0.15) is 0 Å². The molecule has 15 rings (SSSR count). The maximum Gasteiger partial charge on any atom is 0.135 e. The minimum Gasteiger partial charge on any atom is -0.457 e. The lowest BCUT2D eigenvalue weighted by molar-refractivity contribution is 0.485. The Morgan fingerprint density at radius 2 is 0.724 bits per heavy atom. The summed E-state index contributed by atoms with van der Waals surface area (Å²) in [6.45, 7) is 0. The van der Waals surface area contributed by atoms with Crippen molar-refractivity contribution < 1.29 is 9.15 Å². The zero-order valence-corrected chi connectivity index (χ0v) is 41.3. The standard InChI is InChI=1S/C72H46N2O2/c1-2-17-48(18-3-1)55-21-4-5-23-57(55)51-20-16-19-50(43-51)47-33-35-49(36-34-47)56-22-6-7-24-58(56)61-27-10-14-31-70(61)75-54-39-41-69-64(46-54)60-26-9-13-30-67(60)73(69)52-37-40-68-63(44-52)59-25-8-12-29-66(59)74(68)53-38-42-72-65(45-53)62-28-11-15-32-71(62)76-72/h1-46H. The van der Waals surface area contributed by atoms with Gasteiger partial charge >= 0.3 is 0 Å². The van der Waals surface area contributed by atoms with Gasteiger partial charge in [0.25, 0.3) is 0 Å². The number of hydrogen-bond donors (Lipinski definition) is 0. The molecule has 0 saturated carbocycles. The lowest BCUT2D eigenvalue weighted by atomic mass is 9.91. The Kier molecular flexibility index (Phi) is 10.2. The van der Waals surface area contributed by atoms with Crippen LogP contribution >= 0.6 is 0 Å². The van der Waals surface area contributed by atoms with Crippen LogP contribution in [0.3, 0.4) is 0 Å². The first kappa shape index (κ1) is 43.4. The number of ether oxygens (including phenoxy) is 1. The van der Waals surface area contributed by atoms with Gasteiger partial charge in [-0.05, 0) is 135 Å². The second-order valence-corrected chi connectivity index (χ2v) is 19.6. The van der Waals surface area contributed by atoms with Crippen LogP contribution < -0.4 is 4.74 Å². The third kappa shape index (κ3) is 7.22. The Morgan fingerprint density at radius 3 is 1.46 bits per heavy atom. The van der Waals surface area contributed by atoms with Crippen molar-refractivity contribution >= 4 is 65.6 Å². The van der Waals surface area contributed by atoms with Crippen LogP contribution in [0, 0.1) is 0 Å². The molecule has 0 N–H and O–H groups in total.